The molecule has 0 radical (unpaired) electrons. The molecule has 1 heterocycles. The Morgan fingerprint density at radius 2 is 2.27 bits per heavy atom. The minimum atomic E-state index is 0. The summed E-state index contributed by atoms with van der Waals surface area (Å²) in [4.78, 5) is 4.12. The third-order valence-electron chi connectivity index (χ3n) is 2.32. The molecule has 0 saturated carbocycles. The Kier molecular flexibility index (Phi) is 4.55. The molecule has 1 nitrogen and oxygen atoms in total. The molecule has 1 aliphatic rings. The Labute approximate surface area is 105 Å². The highest BCUT2D eigenvalue weighted by molar-refractivity contribution is 9.10. The topological polar surface area (TPSA) is 12.9 Å². The second kappa shape index (κ2) is 5.47. The summed E-state index contributed by atoms with van der Waals surface area (Å²) in [5.74, 6) is 0. The van der Waals surface area contributed by atoms with Crippen LogP contribution in [0.3, 0.4) is 0 Å². The summed E-state index contributed by atoms with van der Waals surface area (Å²) >= 11 is 3.77. The van der Waals surface area contributed by atoms with E-state index in [0.717, 1.165) is 12.8 Å². The van der Waals surface area contributed by atoms with Gasteiger partial charge < -0.3 is 0 Å². The summed E-state index contributed by atoms with van der Waals surface area (Å²) in [6.45, 7) is 0. The van der Waals surface area contributed by atoms with Gasteiger partial charge in [0.2, 0.25) is 0 Å². The van der Waals surface area contributed by atoms with Crippen LogP contribution in [0.25, 0.3) is 0 Å². The van der Waals surface area contributed by atoms with Crippen molar-refractivity contribution >= 4 is 28.3 Å². The van der Waals surface area contributed by atoms with Gasteiger partial charge in [0, 0.05) is 12.4 Å². The fourth-order valence-corrected chi connectivity index (χ4v) is 2.27. The van der Waals surface area contributed by atoms with Gasteiger partial charge in [0.1, 0.15) is 0 Å². The third kappa shape index (κ3) is 3.47. The Bertz CT molecular complexity index is 361. The Morgan fingerprint density at radius 3 is 2.87 bits per heavy atom. The minimum absolute atomic E-state index is 0. The van der Waals surface area contributed by atoms with E-state index in [1.807, 2.05) is 12.3 Å². The number of rotatable bonds is 2. The van der Waals surface area contributed by atoms with Crippen LogP contribution in [0.1, 0.15) is 12.0 Å². The monoisotopic (exact) mass is 285 g/mol. The van der Waals surface area contributed by atoms with Gasteiger partial charge in [-0.05, 0) is 24.5 Å². The first-order chi connectivity index (χ1) is 6.79. The van der Waals surface area contributed by atoms with Crippen molar-refractivity contribution in [3.8, 4) is 0 Å². The second-order valence-corrected chi connectivity index (χ2v) is 5.14. The van der Waals surface area contributed by atoms with Crippen LogP contribution in [0, 0.1) is 0 Å². The zero-order chi connectivity index (χ0) is 9.86. The molecule has 1 aliphatic carbocycles. The molecule has 0 spiro atoms. The lowest BCUT2D eigenvalue weighted by Crippen LogP contribution is -2.21. The molecule has 1 aromatic rings. The number of hydrogen-bond donors (Lipinski definition) is 0. The van der Waals surface area contributed by atoms with Crippen molar-refractivity contribution in [2.75, 3.05) is 0 Å². The molecule has 1 aromatic heterocycles. The average molecular weight is 287 g/mol. The maximum Gasteiger partial charge on any atom is 0.0515 e. The number of aromatic nitrogens is 1. The fraction of sp³-hybridized carbons (Fsp3) is 0.250. The molecule has 0 fully saturated rings. The molecule has 3 heteroatoms. The standard InChI is InChI=1S/C12H12BrN.ClH/c13-12(6-2-1-3-7-12)9-11-5-4-8-14-10-11;/h1-6,8,10H,7,9H2;1H. The first kappa shape index (κ1) is 12.5. The van der Waals surface area contributed by atoms with Crippen LogP contribution in [-0.4, -0.2) is 9.31 Å². The highest BCUT2D eigenvalue weighted by Gasteiger charge is 2.23. The maximum atomic E-state index is 4.12. The predicted octanol–water partition coefficient (Wildman–Crippen LogP) is 3.70. The SMILES string of the molecule is BrC1(Cc2cccnc2)C=CC=CC1.Cl. The molecule has 0 amide bonds. The molecule has 2 rings (SSSR count). The van der Waals surface area contributed by atoms with E-state index in [2.05, 4.69) is 51.3 Å². The minimum Gasteiger partial charge on any atom is -0.264 e. The van der Waals surface area contributed by atoms with Gasteiger partial charge in [0.05, 0.1) is 4.32 Å². The normalized spacial score (nSPS) is 23.5. The number of nitrogens with zero attached hydrogens (tertiary/aromatic N) is 1. The van der Waals surface area contributed by atoms with Crippen molar-refractivity contribution < 1.29 is 0 Å². The molecule has 1 unspecified atom stereocenters. The van der Waals surface area contributed by atoms with E-state index >= 15 is 0 Å². The van der Waals surface area contributed by atoms with E-state index < -0.39 is 0 Å². The highest BCUT2D eigenvalue weighted by atomic mass is 79.9. The quantitative estimate of drug-likeness (QED) is 0.756. The summed E-state index contributed by atoms with van der Waals surface area (Å²) < 4.78 is 0.0881. The van der Waals surface area contributed by atoms with Gasteiger partial charge in [-0.25, -0.2) is 0 Å². The lowest BCUT2D eigenvalue weighted by Gasteiger charge is -2.24. The number of pyridine rings is 1. The van der Waals surface area contributed by atoms with Crippen molar-refractivity contribution in [2.24, 2.45) is 0 Å². The van der Waals surface area contributed by atoms with Gasteiger partial charge in [-0.3, -0.25) is 4.98 Å². The average Bonchev–Trinajstić information content (AvgIpc) is 2.19. The number of allylic oxidation sites excluding steroid dienone is 4. The predicted molar refractivity (Wildman–Crippen MR) is 69.7 cm³/mol. The molecule has 0 bridgehead atoms. The van der Waals surface area contributed by atoms with Crippen molar-refractivity contribution in [2.45, 2.75) is 17.2 Å². The van der Waals surface area contributed by atoms with Gasteiger partial charge in [-0.2, -0.15) is 0 Å². The Hall–Kier alpha value is -0.600. The third-order valence-corrected chi connectivity index (χ3v) is 3.19. The first-order valence-corrected chi connectivity index (χ1v) is 5.50. The van der Waals surface area contributed by atoms with E-state index in [1.165, 1.54) is 5.56 Å². The molecule has 15 heavy (non-hydrogen) atoms. The van der Waals surface area contributed by atoms with E-state index in [0.29, 0.717) is 0 Å². The smallest absolute Gasteiger partial charge is 0.0515 e. The van der Waals surface area contributed by atoms with Gasteiger partial charge in [-0.1, -0.05) is 46.3 Å². The Morgan fingerprint density at radius 1 is 1.40 bits per heavy atom. The van der Waals surface area contributed by atoms with Crippen molar-refractivity contribution in [3.05, 3.63) is 54.4 Å². The van der Waals surface area contributed by atoms with Crippen molar-refractivity contribution in [1.29, 1.82) is 0 Å². The van der Waals surface area contributed by atoms with E-state index in [4.69, 9.17) is 0 Å². The van der Waals surface area contributed by atoms with Crippen molar-refractivity contribution in [1.82, 2.24) is 4.98 Å². The highest BCUT2D eigenvalue weighted by Crippen LogP contribution is 2.31. The molecular formula is C12H13BrClN. The van der Waals surface area contributed by atoms with Crippen LogP contribution < -0.4 is 0 Å². The van der Waals surface area contributed by atoms with E-state index in [9.17, 15) is 0 Å². The molecular weight excluding hydrogens is 273 g/mol. The molecule has 80 valence electrons. The summed E-state index contributed by atoms with van der Waals surface area (Å²) in [5.41, 5.74) is 1.27. The number of hydrogen-bond acceptors (Lipinski definition) is 1. The largest absolute Gasteiger partial charge is 0.264 e. The zero-order valence-electron chi connectivity index (χ0n) is 8.27. The first-order valence-electron chi connectivity index (χ1n) is 4.71. The van der Waals surface area contributed by atoms with Crippen LogP contribution in [0.15, 0.2) is 48.8 Å². The van der Waals surface area contributed by atoms with Gasteiger partial charge >= 0.3 is 0 Å². The van der Waals surface area contributed by atoms with E-state index in [1.54, 1.807) is 6.20 Å². The Balaban J connectivity index is 0.00000112. The van der Waals surface area contributed by atoms with Crippen LogP contribution >= 0.6 is 28.3 Å². The summed E-state index contributed by atoms with van der Waals surface area (Å²) in [6, 6.07) is 4.09. The van der Waals surface area contributed by atoms with E-state index in [-0.39, 0.29) is 16.7 Å². The molecule has 0 saturated heterocycles. The van der Waals surface area contributed by atoms with Gasteiger partial charge in [0.25, 0.3) is 0 Å². The molecule has 0 aromatic carbocycles. The fourth-order valence-electron chi connectivity index (χ4n) is 1.61. The van der Waals surface area contributed by atoms with Crippen molar-refractivity contribution in [3.63, 3.8) is 0 Å². The second-order valence-electron chi connectivity index (χ2n) is 3.56. The van der Waals surface area contributed by atoms with Crippen LogP contribution in [-0.2, 0) is 6.42 Å². The maximum absolute atomic E-state index is 4.12. The molecule has 0 N–H and O–H groups in total. The van der Waals surface area contributed by atoms with Crippen LogP contribution in [0.2, 0.25) is 0 Å². The molecule has 0 aliphatic heterocycles. The zero-order valence-corrected chi connectivity index (χ0v) is 10.7. The van der Waals surface area contributed by atoms with Crippen LogP contribution in [0.4, 0.5) is 0 Å². The lowest BCUT2D eigenvalue weighted by molar-refractivity contribution is 0.723. The summed E-state index contributed by atoms with van der Waals surface area (Å²) in [6.07, 6.45) is 14.3. The number of halogens is 2. The summed E-state index contributed by atoms with van der Waals surface area (Å²) in [7, 11) is 0. The number of alkyl halides is 1. The lowest BCUT2D eigenvalue weighted by atomic mass is 9.94. The summed E-state index contributed by atoms with van der Waals surface area (Å²) in [5, 5.41) is 0. The van der Waals surface area contributed by atoms with Gasteiger partial charge in [-0.15, -0.1) is 12.4 Å². The van der Waals surface area contributed by atoms with Crippen LogP contribution in [0.5, 0.6) is 0 Å². The molecule has 1 atom stereocenters. The van der Waals surface area contributed by atoms with Gasteiger partial charge in [0.15, 0.2) is 0 Å².